The molecule has 2 unspecified atom stereocenters. The smallest absolute Gasteiger partial charge is 0.327 e. The molecule has 3 aliphatic heterocycles. The maximum Gasteiger partial charge on any atom is 0.327 e. The number of halogens is 1. The Kier molecular flexibility index (Phi) is 6.48. The molecule has 0 aromatic carbocycles. The molecule has 2 saturated heterocycles. The summed E-state index contributed by atoms with van der Waals surface area (Å²) in [6, 6.07) is 4.24. The number of nitrogens with zero attached hydrogens (tertiary/aromatic N) is 6. The highest BCUT2D eigenvalue weighted by Crippen LogP contribution is 2.38. The minimum absolute atomic E-state index is 0.127. The van der Waals surface area contributed by atoms with Crippen molar-refractivity contribution in [2.75, 3.05) is 41.3 Å². The number of pyridine rings is 2. The third kappa shape index (κ3) is 4.23. The van der Waals surface area contributed by atoms with Crippen LogP contribution in [0.15, 0.2) is 30.7 Å². The fourth-order valence-corrected chi connectivity index (χ4v) is 5.88. The molecule has 0 saturated carbocycles. The molecule has 3 aromatic rings. The lowest BCUT2D eigenvalue weighted by molar-refractivity contribution is -0.122. The van der Waals surface area contributed by atoms with E-state index in [1.807, 2.05) is 6.92 Å². The van der Waals surface area contributed by atoms with Gasteiger partial charge in [0, 0.05) is 67.6 Å². The number of rotatable bonds is 3. The number of carbonyl (C=O) groups excluding carboxylic acids is 1. The van der Waals surface area contributed by atoms with E-state index in [-0.39, 0.29) is 18.2 Å². The van der Waals surface area contributed by atoms with Crippen molar-refractivity contribution in [3.05, 3.63) is 47.8 Å². The van der Waals surface area contributed by atoms with Crippen molar-refractivity contribution in [3.8, 4) is 0 Å². The number of carbonyl (C=O) groups is 2. The van der Waals surface area contributed by atoms with E-state index in [1.165, 1.54) is 24.6 Å². The fraction of sp³-hybridized carbons (Fsp3) is 0.440. The second kappa shape index (κ2) is 9.73. The average molecular weight is 496 g/mol. The Labute approximate surface area is 208 Å². The Morgan fingerprint density at radius 2 is 2.00 bits per heavy atom. The fourth-order valence-electron chi connectivity index (χ4n) is 5.88. The standard InChI is InChI=1S/C24H28FN7O.CH2O2/c1-3-31-16-4-5-17(31)13-29(12-16)21-6-8-26-23-18(21)7-9-32(23)24(33)28-20-14-30-11-15(2)27-22(30)10-19(20)25;2-1-3/h6,8,10-11,14,16-17H,3-5,7,9,12-13H2,1-2H3,(H,28,33);1H,(H,2,3). The zero-order chi connectivity index (χ0) is 25.4. The molecule has 2 atom stereocenters. The largest absolute Gasteiger partial charge is 0.483 e. The molecular weight excluding hydrogens is 465 g/mol. The summed E-state index contributed by atoms with van der Waals surface area (Å²) in [5.41, 5.74) is 3.72. The van der Waals surface area contributed by atoms with E-state index in [1.54, 1.807) is 27.9 Å². The number of amides is 2. The van der Waals surface area contributed by atoms with Crippen molar-refractivity contribution >= 4 is 35.3 Å². The van der Waals surface area contributed by atoms with Crippen molar-refractivity contribution in [1.82, 2.24) is 19.3 Å². The van der Waals surface area contributed by atoms with E-state index >= 15 is 0 Å². The third-order valence-corrected chi connectivity index (χ3v) is 7.34. The zero-order valence-corrected chi connectivity index (χ0v) is 20.4. The van der Waals surface area contributed by atoms with Gasteiger partial charge in [0.25, 0.3) is 6.47 Å². The molecule has 0 spiro atoms. The second-order valence-electron chi connectivity index (χ2n) is 9.37. The number of aromatic nitrogens is 3. The first kappa shape index (κ1) is 24.0. The van der Waals surface area contributed by atoms with Crippen molar-refractivity contribution in [2.24, 2.45) is 0 Å². The number of urea groups is 1. The maximum absolute atomic E-state index is 14.6. The van der Waals surface area contributed by atoms with Gasteiger partial charge in [0.15, 0.2) is 5.82 Å². The van der Waals surface area contributed by atoms with Gasteiger partial charge in [0.2, 0.25) is 0 Å². The van der Waals surface area contributed by atoms with E-state index in [2.05, 4.69) is 38.1 Å². The second-order valence-corrected chi connectivity index (χ2v) is 9.37. The number of aryl methyl sites for hydroxylation is 1. The molecule has 36 heavy (non-hydrogen) atoms. The molecule has 2 fully saturated rings. The summed E-state index contributed by atoms with van der Waals surface area (Å²) in [6.45, 7) is 7.51. The summed E-state index contributed by atoms with van der Waals surface area (Å²) in [4.78, 5) is 37.0. The van der Waals surface area contributed by atoms with Crippen LogP contribution >= 0.6 is 0 Å². The van der Waals surface area contributed by atoms with Crippen LogP contribution in [0.4, 0.5) is 26.4 Å². The van der Waals surface area contributed by atoms with Crippen molar-refractivity contribution in [3.63, 3.8) is 0 Å². The molecular formula is C25H30FN7O3. The van der Waals surface area contributed by atoms with Gasteiger partial charge in [-0.25, -0.2) is 19.2 Å². The van der Waals surface area contributed by atoms with Crippen LogP contribution in [0.25, 0.3) is 5.65 Å². The van der Waals surface area contributed by atoms with E-state index in [0.29, 0.717) is 30.1 Å². The van der Waals surface area contributed by atoms with Crippen LogP contribution in [0.1, 0.15) is 31.0 Å². The van der Waals surface area contributed by atoms with Gasteiger partial charge in [0.05, 0.1) is 11.4 Å². The van der Waals surface area contributed by atoms with Crippen molar-refractivity contribution in [2.45, 2.75) is 45.2 Å². The summed E-state index contributed by atoms with van der Waals surface area (Å²) >= 11 is 0. The topological polar surface area (TPSA) is 106 Å². The lowest BCUT2D eigenvalue weighted by Gasteiger charge is -2.42. The average Bonchev–Trinajstić information content (AvgIpc) is 3.51. The highest BCUT2D eigenvalue weighted by Gasteiger charge is 2.40. The van der Waals surface area contributed by atoms with Gasteiger partial charge in [0.1, 0.15) is 11.5 Å². The van der Waals surface area contributed by atoms with Gasteiger partial charge in [-0.1, -0.05) is 6.92 Å². The molecule has 190 valence electrons. The molecule has 3 aromatic heterocycles. The van der Waals surface area contributed by atoms with Crippen LogP contribution in [-0.4, -0.2) is 75.1 Å². The summed E-state index contributed by atoms with van der Waals surface area (Å²) in [7, 11) is 0. The predicted molar refractivity (Wildman–Crippen MR) is 134 cm³/mol. The van der Waals surface area contributed by atoms with Gasteiger partial charge in [-0.05, 0) is 38.8 Å². The summed E-state index contributed by atoms with van der Waals surface area (Å²) in [5.74, 6) is 0.169. The molecule has 6 heterocycles. The first-order valence-corrected chi connectivity index (χ1v) is 12.2. The number of carboxylic acid groups (broad SMARTS) is 1. The molecule has 6 rings (SSSR count). The van der Waals surface area contributed by atoms with Gasteiger partial charge >= 0.3 is 6.03 Å². The first-order chi connectivity index (χ1) is 17.4. The number of imidazole rings is 1. The van der Waals surface area contributed by atoms with Gasteiger partial charge in [-0.3, -0.25) is 14.6 Å². The lowest BCUT2D eigenvalue weighted by Crippen LogP contribution is -2.53. The Bertz CT molecular complexity index is 1280. The zero-order valence-electron chi connectivity index (χ0n) is 20.4. The molecule has 10 nitrogen and oxygen atoms in total. The van der Waals surface area contributed by atoms with E-state index in [9.17, 15) is 9.18 Å². The predicted octanol–water partition coefficient (Wildman–Crippen LogP) is 3.15. The van der Waals surface area contributed by atoms with Crippen molar-refractivity contribution < 1.29 is 19.1 Å². The molecule has 2 N–H and O–H groups in total. The maximum atomic E-state index is 14.6. The Hall–Kier alpha value is -3.73. The van der Waals surface area contributed by atoms with Crippen LogP contribution in [0.3, 0.4) is 0 Å². The Morgan fingerprint density at radius 1 is 1.28 bits per heavy atom. The first-order valence-electron chi connectivity index (χ1n) is 12.2. The summed E-state index contributed by atoms with van der Waals surface area (Å²) < 4.78 is 16.3. The number of piperazine rings is 1. The minimum Gasteiger partial charge on any atom is -0.483 e. The number of hydrogen-bond donors (Lipinski definition) is 2. The number of hydrogen-bond acceptors (Lipinski definition) is 6. The number of anilines is 3. The van der Waals surface area contributed by atoms with E-state index in [4.69, 9.17) is 9.90 Å². The van der Waals surface area contributed by atoms with Crippen LogP contribution in [-0.2, 0) is 11.2 Å². The lowest BCUT2D eigenvalue weighted by atomic mass is 10.1. The third-order valence-electron chi connectivity index (χ3n) is 7.34. The Morgan fingerprint density at radius 3 is 2.69 bits per heavy atom. The molecule has 2 amide bonds. The quantitative estimate of drug-likeness (QED) is 0.538. The molecule has 2 bridgehead atoms. The Balaban J connectivity index is 0.000000848. The van der Waals surface area contributed by atoms with Gasteiger partial charge in [-0.15, -0.1) is 0 Å². The normalized spacial score (nSPS) is 20.8. The monoisotopic (exact) mass is 495 g/mol. The highest BCUT2D eigenvalue weighted by molar-refractivity contribution is 6.03. The van der Waals surface area contributed by atoms with E-state index in [0.717, 1.165) is 37.3 Å². The van der Waals surface area contributed by atoms with Gasteiger partial charge < -0.3 is 19.7 Å². The summed E-state index contributed by atoms with van der Waals surface area (Å²) in [5, 5.41) is 9.62. The van der Waals surface area contributed by atoms with Crippen LogP contribution in [0.5, 0.6) is 0 Å². The molecule has 11 heteroatoms. The highest BCUT2D eigenvalue weighted by atomic mass is 19.1. The number of likely N-dealkylation sites (N-methyl/N-ethyl adjacent to an activating group) is 1. The molecule has 0 radical (unpaired) electrons. The SMILES string of the molecule is CCN1C2CCC1CN(c1ccnc3c1CCN3C(=O)Nc1cn3cc(C)nc3cc1F)C2.O=CO. The molecule has 0 aliphatic carbocycles. The molecule has 3 aliphatic rings. The van der Waals surface area contributed by atoms with Crippen LogP contribution < -0.4 is 15.1 Å². The van der Waals surface area contributed by atoms with Crippen molar-refractivity contribution in [1.29, 1.82) is 0 Å². The van der Waals surface area contributed by atoms with Crippen LogP contribution in [0, 0.1) is 12.7 Å². The number of nitrogens with one attached hydrogen (secondary N) is 1. The summed E-state index contributed by atoms with van der Waals surface area (Å²) in [6.07, 6.45) is 8.40. The minimum atomic E-state index is -0.508. The van der Waals surface area contributed by atoms with Crippen LogP contribution in [0.2, 0.25) is 0 Å². The van der Waals surface area contributed by atoms with E-state index < -0.39 is 5.82 Å². The number of fused-ring (bicyclic) bond motifs is 4. The van der Waals surface area contributed by atoms with Gasteiger partial charge in [-0.2, -0.15) is 0 Å².